The van der Waals surface area contributed by atoms with E-state index in [4.69, 9.17) is 5.11 Å². The topological polar surface area (TPSA) is 61.7 Å². The zero-order chi connectivity index (χ0) is 13.5. The smallest absolute Gasteiger partial charge is 0.271 e. The van der Waals surface area contributed by atoms with Gasteiger partial charge in [-0.05, 0) is 29.8 Å². The normalized spacial score (nSPS) is 10.5. The first-order chi connectivity index (χ1) is 9.25. The Morgan fingerprint density at radius 3 is 2.47 bits per heavy atom. The molecule has 0 aliphatic heterocycles. The summed E-state index contributed by atoms with van der Waals surface area (Å²) in [6.45, 7) is 0. The van der Waals surface area contributed by atoms with Gasteiger partial charge < -0.3 is 5.11 Å². The number of amides is 1. The molecular formula is C15H14N2O2. The number of aromatic hydroxyl groups is 1. The molecule has 0 heterocycles. The molecule has 2 aromatic carbocycles. The fraction of sp³-hybridized carbons (Fsp3) is 0.0667. The van der Waals surface area contributed by atoms with Gasteiger partial charge in [0.25, 0.3) is 5.91 Å². The third-order valence-corrected chi connectivity index (χ3v) is 2.56. The lowest BCUT2D eigenvalue weighted by Gasteiger charge is -1.99. The molecule has 1 amide bonds. The molecule has 4 heteroatoms. The highest BCUT2D eigenvalue weighted by molar-refractivity contribution is 5.94. The number of phenols is 1. The number of hydrogen-bond acceptors (Lipinski definition) is 3. The minimum Gasteiger partial charge on any atom is -0.508 e. The van der Waals surface area contributed by atoms with Gasteiger partial charge in [-0.15, -0.1) is 0 Å². The molecule has 0 saturated carbocycles. The first-order valence-electron chi connectivity index (χ1n) is 5.90. The average molecular weight is 254 g/mol. The Bertz CT molecular complexity index is 562. The summed E-state index contributed by atoms with van der Waals surface area (Å²) in [5.41, 5.74) is 4.02. The maximum Gasteiger partial charge on any atom is 0.271 e. The molecule has 19 heavy (non-hydrogen) atoms. The lowest BCUT2D eigenvalue weighted by Crippen LogP contribution is -2.17. The summed E-state index contributed by atoms with van der Waals surface area (Å²) in [7, 11) is 0. The van der Waals surface area contributed by atoms with Gasteiger partial charge in [0.2, 0.25) is 0 Å². The second-order valence-corrected chi connectivity index (χ2v) is 3.99. The van der Waals surface area contributed by atoms with Crippen molar-refractivity contribution in [2.75, 3.05) is 0 Å². The lowest BCUT2D eigenvalue weighted by molar-refractivity contribution is 0.0955. The number of phenolic OH excluding ortho intramolecular Hbond substituents is 1. The molecule has 0 aliphatic carbocycles. The second-order valence-electron chi connectivity index (χ2n) is 3.99. The first-order valence-corrected chi connectivity index (χ1v) is 5.90. The molecule has 0 bridgehead atoms. The molecule has 0 aromatic heterocycles. The minimum absolute atomic E-state index is 0.129. The monoisotopic (exact) mass is 254 g/mol. The van der Waals surface area contributed by atoms with Crippen LogP contribution in [0.2, 0.25) is 0 Å². The molecule has 0 atom stereocenters. The van der Waals surface area contributed by atoms with Gasteiger partial charge in [0, 0.05) is 18.2 Å². The van der Waals surface area contributed by atoms with E-state index in [0.717, 1.165) is 5.56 Å². The van der Waals surface area contributed by atoms with Crippen molar-refractivity contribution >= 4 is 12.1 Å². The van der Waals surface area contributed by atoms with Crippen LogP contribution in [-0.2, 0) is 6.42 Å². The SMILES string of the molecule is O=C(NN=CCc1ccccc1)c1ccc(O)cc1. The summed E-state index contributed by atoms with van der Waals surface area (Å²) in [5.74, 6) is -0.173. The van der Waals surface area contributed by atoms with Crippen LogP contribution in [0, 0.1) is 0 Å². The van der Waals surface area contributed by atoms with Gasteiger partial charge in [-0.1, -0.05) is 30.3 Å². The fourth-order valence-electron chi connectivity index (χ4n) is 1.55. The van der Waals surface area contributed by atoms with Crippen molar-refractivity contribution in [1.29, 1.82) is 0 Å². The summed E-state index contributed by atoms with van der Waals surface area (Å²) >= 11 is 0. The van der Waals surface area contributed by atoms with Crippen molar-refractivity contribution in [3.05, 3.63) is 65.7 Å². The molecule has 0 unspecified atom stereocenters. The Morgan fingerprint density at radius 1 is 1.11 bits per heavy atom. The number of hydrogen-bond donors (Lipinski definition) is 2. The first kappa shape index (κ1) is 12.8. The predicted octanol–water partition coefficient (Wildman–Crippen LogP) is 2.35. The summed E-state index contributed by atoms with van der Waals surface area (Å²) < 4.78 is 0. The molecule has 96 valence electrons. The van der Waals surface area contributed by atoms with Crippen LogP contribution in [0.1, 0.15) is 15.9 Å². The Hall–Kier alpha value is -2.62. The van der Waals surface area contributed by atoms with Crippen LogP contribution in [0.15, 0.2) is 59.7 Å². The molecular weight excluding hydrogens is 240 g/mol. The van der Waals surface area contributed by atoms with Crippen LogP contribution in [-0.4, -0.2) is 17.2 Å². The largest absolute Gasteiger partial charge is 0.508 e. The van der Waals surface area contributed by atoms with Gasteiger partial charge >= 0.3 is 0 Å². The quantitative estimate of drug-likeness (QED) is 0.650. The molecule has 2 aromatic rings. The van der Waals surface area contributed by atoms with Crippen molar-refractivity contribution in [1.82, 2.24) is 5.43 Å². The van der Waals surface area contributed by atoms with Crippen LogP contribution >= 0.6 is 0 Å². The number of benzene rings is 2. The number of nitrogens with one attached hydrogen (secondary N) is 1. The molecule has 0 radical (unpaired) electrons. The highest BCUT2D eigenvalue weighted by Gasteiger charge is 2.02. The van der Waals surface area contributed by atoms with E-state index in [1.165, 1.54) is 24.3 Å². The van der Waals surface area contributed by atoms with Crippen LogP contribution < -0.4 is 5.43 Å². The molecule has 0 saturated heterocycles. The van der Waals surface area contributed by atoms with E-state index in [0.29, 0.717) is 12.0 Å². The third-order valence-electron chi connectivity index (χ3n) is 2.56. The van der Waals surface area contributed by atoms with Crippen LogP contribution in [0.25, 0.3) is 0 Å². The van der Waals surface area contributed by atoms with Gasteiger partial charge in [0.15, 0.2) is 0 Å². The maximum atomic E-state index is 11.7. The number of carbonyl (C=O) groups excluding carboxylic acids is 1. The zero-order valence-electron chi connectivity index (χ0n) is 10.3. The summed E-state index contributed by atoms with van der Waals surface area (Å²) in [6, 6.07) is 15.9. The summed E-state index contributed by atoms with van der Waals surface area (Å²) in [4.78, 5) is 11.7. The predicted molar refractivity (Wildman–Crippen MR) is 74.2 cm³/mol. The average Bonchev–Trinajstić information content (AvgIpc) is 2.45. The van der Waals surface area contributed by atoms with Gasteiger partial charge in [-0.25, -0.2) is 5.43 Å². The Morgan fingerprint density at radius 2 is 1.79 bits per heavy atom. The fourth-order valence-corrected chi connectivity index (χ4v) is 1.55. The zero-order valence-corrected chi connectivity index (χ0v) is 10.3. The van der Waals surface area contributed by atoms with Gasteiger partial charge in [-0.3, -0.25) is 4.79 Å². The van der Waals surface area contributed by atoms with E-state index >= 15 is 0 Å². The molecule has 0 fully saturated rings. The van der Waals surface area contributed by atoms with Gasteiger partial charge in [0.05, 0.1) is 0 Å². The van der Waals surface area contributed by atoms with Gasteiger partial charge in [0.1, 0.15) is 5.75 Å². The second kappa shape index (κ2) is 6.35. The van der Waals surface area contributed by atoms with Crippen molar-refractivity contribution < 1.29 is 9.90 Å². The number of nitrogens with zero attached hydrogens (tertiary/aromatic N) is 1. The van der Waals surface area contributed by atoms with E-state index in [9.17, 15) is 4.79 Å². The van der Waals surface area contributed by atoms with Crippen molar-refractivity contribution in [2.45, 2.75) is 6.42 Å². The Kier molecular flexibility index (Phi) is 4.29. The highest BCUT2D eigenvalue weighted by Crippen LogP contribution is 2.09. The number of rotatable bonds is 4. The van der Waals surface area contributed by atoms with Crippen molar-refractivity contribution in [2.24, 2.45) is 5.10 Å². The molecule has 2 N–H and O–H groups in total. The van der Waals surface area contributed by atoms with Crippen molar-refractivity contribution in [3.63, 3.8) is 0 Å². The van der Waals surface area contributed by atoms with E-state index in [1.807, 2.05) is 30.3 Å². The van der Waals surface area contributed by atoms with E-state index < -0.39 is 0 Å². The van der Waals surface area contributed by atoms with E-state index in [1.54, 1.807) is 6.21 Å². The summed E-state index contributed by atoms with van der Waals surface area (Å²) in [6.07, 6.45) is 2.31. The molecule has 4 nitrogen and oxygen atoms in total. The minimum atomic E-state index is -0.302. The van der Waals surface area contributed by atoms with Crippen LogP contribution in [0.4, 0.5) is 0 Å². The Labute approximate surface area is 111 Å². The maximum absolute atomic E-state index is 11.7. The standard InChI is InChI=1S/C15H14N2O2/c18-14-8-6-13(7-9-14)15(19)17-16-11-10-12-4-2-1-3-5-12/h1-9,11,18H,10H2,(H,17,19). The highest BCUT2D eigenvalue weighted by atomic mass is 16.3. The van der Waals surface area contributed by atoms with Crippen molar-refractivity contribution in [3.8, 4) is 5.75 Å². The number of carbonyl (C=O) groups is 1. The summed E-state index contributed by atoms with van der Waals surface area (Å²) in [5, 5.41) is 13.0. The molecule has 2 rings (SSSR count). The van der Waals surface area contributed by atoms with E-state index in [2.05, 4.69) is 10.5 Å². The molecule has 0 aliphatic rings. The van der Waals surface area contributed by atoms with Gasteiger partial charge in [-0.2, -0.15) is 5.10 Å². The van der Waals surface area contributed by atoms with Crippen LogP contribution in [0.5, 0.6) is 5.75 Å². The Balaban J connectivity index is 1.85. The number of hydrazone groups is 1. The third kappa shape index (κ3) is 3.96. The molecule has 0 spiro atoms. The van der Waals surface area contributed by atoms with E-state index in [-0.39, 0.29) is 11.7 Å². The van der Waals surface area contributed by atoms with Crippen LogP contribution in [0.3, 0.4) is 0 Å². The lowest BCUT2D eigenvalue weighted by atomic mass is 10.2.